The maximum Gasteiger partial charge on any atom is 0.123 e. The van der Waals surface area contributed by atoms with E-state index in [9.17, 15) is 10.5 Å². The molecule has 3 aromatic rings. The van der Waals surface area contributed by atoms with Crippen molar-refractivity contribution in [3.63, 3.8) is 0 Å². The molecule has 28 heavy (non-hydrogen) atoms. The van der Waals surface area contributed by atoms with Crippen LogP contribution in [0.2, 0.25) is 0 Å². The molecule has 0 saturated carbocycles. The summed E-state index contributed by atoms with van der Waals surface area (Å²) in [5.74, 6) is 1.57. The number of anilines is 1. The predicted octanol–water partition coefficient (Wildman–Crippen LogP) is 4.19. The van der Waals surface area contributed by atoms with Crippen molar-refractivity contribution < 1.29 is 9.47 Å². The number of pyridine rings is 1. The first-order valence-electron chi connectivity index (χ1n) is 8.41. The van der Waals surface area contributed by atoms with Gasteiger partial charge >= 0.3 is 0 Å². The highest BCUT2D eigenvalue weighted by atomic mass is 32.1. The number of hydrogen-bond donors (Lipinski definition) is 2. The Morgan fingerprint density at radius 3 is 2.00 bits per heavy atom. The number of nitrogen functional groups attached to an aromatic ring is 1. The van der Waals surface area contributed by atoms with E-state index >= 15 is 0 Å². The van der Waals surface area contributed by atoms with E-state index in [1.807, 2.05) is 42.5 Å². The van der Waals surface area contributed by atoms with E-state index in [4.69, 9.17) is 27.4 Å². The van der Waals surface area contributed by atoms with Crippen molar-refractivity contribution in [2.45, 2.75) is 0 Å². The second kappa shape index (κ2) is 8.72. The summed E-state index contributed by atoms with van der Waals surface area (Å²) in [7, 11) is 0. The van der Waals surface area contributed by atoms with Crippen molar-refractivity contribution in [1.82, 2.24) is 4.98 Å². The molecule has 0 aliphatic heterocycles. The molecule has 0 unspecified atom stereocenters. The zero-order chi connectivity index (χ0) is 19.9. The number of hydrogen-bond acceptors (Lipinski definition) is 6. The molecule has 3 rings (SSSR count). The number of ether oxygens (including phenoxy) is 2. The molecule has 0 spiro atoms. The van der Waals surface area contributed by atoms with E-state index in [2.05, 4.69) is 4.98 Å². The van der Waals surface area contributed by atoms with E-state index in [1.54, 1.807) is 24.3 Å². The molecule has 6 nitrogen and oxygen atoms in total. The first kappa shape index (κ1) is 19.0. The molecule has 0 radical (unpaired) electrons. The number of nitrogens with two attached hydrogens (primary N) is 1. The van der Waals surface area contributed by atoms with Crippen LogP contribution in [0.5, 0.6) is 11.5 Å². The topological polar surface area (TPSA) is 108 Å². The zero-order valence-electron chi connectivity index (χ0n) is 14.8. The molecule has 0 aliphatic rings. The van der Waals surface area contributed by atoms with Gasteiger partial charge in [-0.25, -0.2) is 0 Å². The van der Waals surface area contributed by atoms with Crippen molar-refractivity contribution in [3.05, 3.63) is 70.4 Å². The smallest absolute Gasteiger partial charge is 0.123 e. The molecule has 7 heteroatoms. The average Bonchev–Trinajstić information content (AvgIpc) is 2.72. The molecule has 0 bridgehead atoms. The van der Waals surface area contributed by atoms with Gasteiger partial charge in [-0.2, -0.15) is 10.5 Å². The summed E-state index contributed by atoms with van der Waals surface area (Å²) in [4.78, 5) is 2.69. The molecule has 0 aliphatic carbocycles. The fraction of sp³-hybridized carbons (Fsp3) is 0.0952. The van der Waals surface area contributed by atoms with Crippen LogP contribution in [-0.2, 0) is 0 Å². The third-order valence-corrected chi connectivity index (χ3v) is 4.28. The van der Waals surface area contributed by atoms with Crippen molar-refractivity contribution in [3.8, 4) is 34.8 Å². The number of H-pyrrole nitrogens is 1. The lowest BCUT2D eigenvalue weighted by atomic mass is 9.97. The second-order valence-electron chi connectivity index (χ2n) is 5.75. The van der Waals surface area contributed by atoms with Crippen LogP contribution >= 0.6 is 12.2 Å². The highest BCUT2D eigenvalue weighted by molar-refractivity contribution is 7.71. The minimum atomic E-state index is 0.139. The SMILES string of the molecule is N#Cc1c(N)[nH]c(=S)c(C#N)c1-c1ccc(OCCOc2ccccc2)cc1. The average molecular weight is 388 g/mol. The highest BCUT2D eigenvalue weighted by Gasteiger charge is 2.16. The maximum atomic E-state index is 9.44. The summed E-state index contributed by atoms with van der Waals surface area (Å²) < 4.78 is 11.5. The Morgan fingerprint density at radius 2 is 1.43 bits per heavy atom. The summed E-state index contributed by atoms with van der Waals surface area (Å²) in [6, 6.07) is 20.6. The molecule has 0 amide bonds. The Balaban J connectivity index is 1.74. The van der Waals surface area contributed by atoms with Crippen molar-refractivity contribution in [2.75, 3.05) is 18.9 Å². The highest BCUT2D eigenvalue weighted by Crippen LogP contribution is 2.31. The van der Waals surface area contributed by atoms with Gasteiger partial charge in [0.05, 0.1) is 5.56 Å². The Kier molecular flexibility index (Phi) is 5.91. The van der Waals surface area contributed by atoms with Crippen LogP contribution in [0.15, 0.2) is 54.6 Å². The van der Waals surface area contributed by atoms with Gasteiger partial charge in [-0.3, -0.25) is 0 Å². The molecule has 3 N–H and O–H groups in total. The summed E-state index contributed by atoms with van der Waals surface area (Å²) >= 11 is 5.16. The summed E-state index contributed by atoms with van der Waals surface area (Å²) in [5, 5.41) is 18.9. The van der Waals surface area contributed by atoms with Crippen LogP contribution in [0, 0.1) is 27.3 Å². The Hall–Kier alpha value is -3.81. The monoisotopic (exact) mass is 388 g/mol. The van der Waals surface area contributed by atoms with E-state index in [-0.39, 0.29) is 21.6 Å². The van der Waals surface area contributed by atoms with Gasteiger partial charge < -0.3 is 20.2 Å². The largest absolute Gasteiger partial charge is 0.490 e. The van der Waals surface area contributed by atoms with Gasteiger partial charge in [0.2, 0.25) is 0 Å². The summed E-state index contributed by atoms with van der Waals surface area (Å²) in [6.45, 7) is 0.790. The van der Waals surface area contributed by atoms with Crippen molar-refractivity contribution >= 4 is 18.0 Å². The summed E-state index contributed by atoms with van der Waals surface area (Å²) in [5.41, 5.74) is 7.34. The molecule has 1 aromatic heterocycles. The third-order valence-electron chi connectivity index (χ3n) is 3.98. The second-order valence-corrected chi connectivity index (χ2v) is 6.16. The Morgan fingerprint density at radius 1 is 0.857 bits per heavy atom. The van der Waals surface area contributed by atoms with Crippen LogP contribution in [0.3, 0.4) is 0 Å². The number of nitrogens with one attached hydrogen (secondary N) is 1. The summed E-state index contributed by atoms with van der Waals surface area (Å²) in [6.07, 6.45) is 0. The molecule has 0 fully saturated rings. The predicted molar refractivity (Wildman–Crippen MR) is 108 cm³/mol. The first-order chi connectivity index (χ1) is 13.6. The fourth-order valence-corrected chi connectivity index (χ4v) is 2.94. The molecular weight excluding hydrogens is 372 g/mol. The van der Waals surface area contributed by atoms with E-state index in [0.29, 0.717) is 30.1 Å². The van der Waals surface area contributed by atoms with Crippen molar-refractivity contribution in [1.29, 1.82) is 10.5 Å². The molecule has 0 saturated heterocycles. The van der Waals surface area contributed by atoms with Crippen LogP contribution in [0.25, 0.3) is 11.1 Å². The minimum absolute atomic E-state index is 0.139. The van der Waals surface area contributed by atoms with Gasteiger partial charge in [-0.1, -0.05) is 42.5 Å². The Labute approximate surface area is 167 Å². The van der Waals surface area contributed by atoms with E-state index in [1.165, 1.54) is 0 Å². The van der Waals surface area contributed by atoms with Gasteiger partial charge in [0, 0.05) is 5.56 Å². The van der Waals surface area contributed by atoms with E-state index < -0.39 is 0 Å². The zero-order valence-corrected chi connectivity index (χ0v) is 15.6. The molecule has 138 valence electrons. The van der Waals surface area contributed by atoms with Gasteiger partial charge in [-0.05, 0) is 29.8 Å². The van der Waals surface area contributed by atoms with Crippen molar-refractivity contribution in [2.24, 2.45) is 0 Å². The number of rotatable bonds is 6. The Bertz CT molecular complexity index is 1110. The molecule has 1 heterocycles. The van der Waals surface area contributed by atoms with Crippen LogP contribution in [0.4, 0.5) is 5.82 Å². The third kappa shape index (κ3) is 4.12. The molecular formula is C21H16N4O2S. The number of nitrogens with zero attached hydrogens (tertiary/aromatic N) is 2. The minimum Gasteiger partial charge on any atom is -0.490 e. The van der Waals surface area contributed by atoms with E-state index in [0.717, 1.165) is 5.75 Å². The number of nitriles is 2. The lowest BCUT2D eigenvalue weighted by Crippen LogP contribution is -2.08. The van der Waals surface area contributed by atoms with Gasteiger partial charge in [0.15, 0.2) is 0 Å². The van der Waals surface area contributed by atoms with Crippen LogP contribution in [0.1, 0.15) is 11.1 Å². The lowest BCUT2D eigenvalue weighted by Gasteiger charge is -2.11. The van der Waals surface area contributed by atoms with Gasteiger partial charge in [0.1, 0.15) is 52.9 Å². The lowest BCUT2D eigenvalue weighted by molar-refractivity contribution is 0.217. The quantitative estimate of drug-likeness (QED) is 0.484. The fourth-order valence-electron chi connectivity index (χ4n) is 2.69. The maximum absolute atomic E-state index is 9.44. The molecule has 2 aromatic carbocycles. The van der Waals surface area contributed by atoms with Crippen LogP contribution < -0.4 is 15.2 Å². The number of benzene rings is 2. The molecule has 0 atom stereocenters. The first-order valence-corrected chi connectivity index (χ1v) is 8.82. The van der Waals surface area contributed by atoms with Gasteiger partial charge in [-0.15, -0.1) is 0 Å². The van der Waals surface area contributed by atoms with Crippen LogP contribution in [-0.4, -0.2) is 18.2 Å². The number of para-hydroxylation sites is 1. The normalized spacial score (nSPS) is 9.93. The van der Waals surface area contributed by atoms with Gasteiger partial charge in [0.25, 0.3) is 0 Å². The number of aromatic nitrogens is 1. The standard InChI is InChI=1S/C21H16N4O2S/c22-12-17-19(18(13-23)21(28)25-20(17)24)14-6-8-16(9-7-14)27-11-10-26-15-4-2-1-3-5-15/h1-9H,10-11H2,(H3,24,25,28). The number of aromatic amines is 1.